The number of carbonyl (C=O) groups is 2. The van der Waals surface area contributed by atoms with Gasteiger partial charge in [0.15, 0.2) is 0 Å². The summed E-state index contributed by atoms with van der Waals surface area (Å²) in [5.74, 6) is 0.524. The first-order valence-electron chi connectivity index (χ1n) is 7.94. The third-order valence-corrected chi connectivity index (χ3v) is 4.42. The third kappa shape index (κ3) is 3.44. The molecule has 6 nitrogen and oxygen atoms in total. The van der Waals surface area contributed by atoms with Gasteiger partial charge in [-0.25, -0.2) is 4.98 Å². The Bertz CT molecular complexity index is 560. The summed E-state index contributed by atoms with van der Waals surface area (Å²) >= 11 is 0. The first-order chi connectivity index (χ1) is 10.6. The summed E-state index contributed by atoms with van der Waals surface area (Å²) in [6.45, 7) is 0. The van der Waals surface area contributed by atoms with E-state index in [-0.39, 0.29) is 17.7 Å². The Balaban J connectivity index is 1.58. The SMILES string of the molecule is NC1(C(=O)Nc2ccc(NC(=O)C3CC3)nc2)CCCCC1. The maximum atomic E-state index is 12.3. The molecule has 2 aliphatic rings. The molecule has 2 saturated carbocycles. The van der Waals surface area contributed by atoms with Crippen LogP contribution in [0.15, 0.2) is 18.3 Å². The molecule has 4 N–H and O–H groups in total. The Kier molecular flexibility index (Phi) is 4.11. The molecule has 22 heavy (non-hydrogen) atoms. The van der Waals surface area contributed by atoms with E-state index >= 15 is 0 Å². The van der Waals surface area contributed by atoms with Crippen molar-refractivity contribution in [1.82, 2.24) is 4.98 Å². The molecular weight excluding hydrogens is 280 g/mol. The van der Waals surface area contributed by atoms with Crippen molar-refractivity contribution in [2.45, 2.75) is 50.5 Å². The third-order valence-electron chi connectivity index (χ3n) is 4.42. The van der Waals surface area contributed by atoms with E-state index in [2.05, 4.69) is 15.6 Å². The van der Waals surface area contributed by atoms with Gasteiger partial charge in [0.05, 0.1) is 17.4 Å². The maximum absolute atomic E-state index is 12.3. The van der Waals surface area contributed by atoms with Crippen LogP contribution in [0.2, 0.25) is 0 Å². The number of rotatable bonds is 4. The number of amides is 2. The molecule has 0 aromatic carbocycles. The molecule has 0 unspecified atom stereocenters. The molecule has 118 valence electrons. The second-order valence-corrected chi connectivity index (χ2v) is 6.37. The monoisotopic (exact) mass is 302 g/mol. The molecule has 1 heterocycles. The predicted molar refractivity (Wildman–Crippen MR) is 84.2 cm³/mol. The number of aromatic nitrogens is 1. The van der Waals surface area contributed by atoms with E-state index in [1.165, 1.54) is 0 Å². The second-order valence-electron chi connectivity index (χ2n) is 6.37. The van der Waals surface area contributed by atoms with E-state index in [1.807, 2.05) is 0 Å². The van der Waals surface area contributed by atoms with Gasteiger partial charge >= 0.3 is 0 Å². The van der Waals surface area contributed by atoms with E-state index < -0.39 is 5.54 Å². The molecule has 1 aromatic rings. The van der Waals surface area contributed by atoms with Gasteiger partial charge in [-0.1, -0.05) is 19.3 Å². The molecule has 6 heteroatoms. The Morgan fingerprint density at radius 1 is 1.14 bits per heavy atom. The van der Waals surface area contributed by atoms with E-state index in [0.717, 1.165) is 44.9 Å². The fraction of sp³-hybridized carbons (Fsp3) is 0.562. The Hall–Kier alpha value is -1.95. The first kappa shape index (κ1) is 15.0. The van der Waals surface area contributed by atoms with Crippen LogP contribution in [-0.4, -0.2) is 22.3 Å². The summed E-state index contributed by atoms with van der Waals surface area (Å²) in [4.78, 5) is 28.1. The molecule has 0 spiro atoms. The predicted octanol–water partition coefficient (Wildman–Crippen LogP) is 2.03. The molecule has 1 aromatic heterocycles. The van der Waals surface area contributed by atoms with Crippen LogP contribution in [0, 0.1) is 5.92 Å². The zero-order valence-electron chi connectivity index (χ0n) is 12.6. The highest BCUT2D eigenvalue weighted by Crippen LogP contribution is 2.30. The number of carbonyl (C=O) groups excluding carboxylic acids is 2. The summed E-state index contributed by atoms with van der Waals surface area (Å²) in [5.41, 5.74) is 6.03. The fourth-order valence-corrected chi connectivity index (χ4v) is 2.78. The largest absolute Gasteiger partial charge is 0.323 e. The van der Waals surface area contributed by atoms with Gasteiger partial charge in [0.2, 0.25) is 11.8 Å². The van der Waals surface area contributed by atoms with E-state index in [1.54, 1.807) is 18.3 Å². The van der Waals surface area contributed by atoms with E-state index in [4.69, 9.17) is 5.73 Å². The van der Waals surface area contributed by atoms with Crippen molar-refractivity contribution in [3.8, 4) is 0 Å². The lowest BCUT2D eigenvalue weighted by molar-refractivity contribution is -0.122. The van der Waals surface area contributed by atoms with Crippen LogP contribution in [0.3, 0.4) is 0 Å². The van der Waals surface area contributed by atoms with Crippen LogP contribution in [0.4, 0.5) is 11.5 Å². The molecule has 2 aliphatic carbocycles. The number of hydrogen-bond donors (Lipinski definition) is 3. The highest BCUT2D eigenvalue weighted by atomic mass is 16.2. The normalized spacial score (nSPS) is 20.2. The van der Waals surface area contributed by atoms with Gasteiger partial charge in [-0.15, -0.1) is 0 Å². The molecule has 0 radical (unpaired) electrons. The van der Waals surface area contributed by atoms with E-state index in [0.29, 0.717) is 11.5 Å². The topological polar surface area (TPSA) is 97.1 Å². The zero-order valence-corrected chi connectivity index (χ0v) is 12.6. The average molecular weight is 302 g/mol. The summed E-state index contributed by atoms with van der Waals surface area (Å²) in [6.07, 6.45) is 8.04. The zero-order chi connectivity index (χ0) is 15.6. The molecule has 2 fully saturated rings. The maximum Gasteiger partial charge on any atom is 0.244 e. The summed E-state index contributed by atoms with van der Waals surface area (Å²) in [7, 11) is 0. The minimum Gasteiger partial charge on any atom is -0.323 e. The average Bonchev–Trinajstić information content (AvgIpc) is 3.35. The number of anilines is 2. The van der Waals surface area contributed by atoms with Crippen LogP contribution >= 0.6 is 0 Å². The molecule has 0 atom stereocenters. The molecule has 2 amide bonds. The Morgan fingerprint density at radius 2 is 1.86 bits per heavy atom. The van der Waals surface area contributed by atoms with Gasteiger partial charge in [0.25, 0.3) is 0 Å². The minimum absolute atomic E-state index is 0.0207. The van der Waals surface area contributed by atoms with Gasteiger partial charge < -0.3 is 16.4 Å². The lowest BCUT2D eigenvalue weighted by atomic mass is 9.82. The number of nitrogens with one attached hydrogen (secondary N) is 2. The number of hydrogen-bond acceptors (Lipinski definition) is 4. The quantitative estimate of drug-likeness (QED) is 0.792. The molecule has 0 aliphatic heterocycles. The number of nitrogens with two attached hydrogens (primary N) is 1. The van der Waals surface area contributed by atoms with Crippen molar-refractivity contribution < 1.29 is 9.59 Å². The lowest BCUT2D eigenvalue weighted by Gasteiger charge is -2.31. The van der Waals surface area contributed by atoms with Crippen LogP contribution in [0.1, 0.15) is 44.9 Å². The minimum atomic E-state index is -0.767. The van der Waals surface area contributed by atoms with Gasteiger partial charge in [-0.3, -0.25) is 9.59 Å². The smallest absolute Gasteiger partial charge is 0.244 e. The molecule has 0 bridgehead atoms. The van der Waals surface area contributed by atoms with Crippen molar-refractivity contribution in [3.63, 3.8) is 0 Å². The van der Waals surface area contributed by atoms with Crippen molar-refractivity contribution in [3.05, 3.63) is 18.3 Å². The molecule has 0 saturated heterocycles. The van der Waals surface area contributed by atoms with Crippen LogP contribution in [-0.2, 0) is 9.59 Å². The van der Waals surface area contributed by atoms with E-state index in [9.17, 15) is 9.59 Å². The standard InChI is InChI=1S/C16H22N4O2/c17-16(8-2-1-3-9-16)15(22)19-12-6-7-13(18-10-12)20-14(21)11-4-5-11/h6-7,10-11H,1-5,8-9,17H2,(H,19,22)(H,18,20,21). The Labute approximate surface area is 129 Å². The van der Waals surface area contributed by atoms with Crippen molar-refractivity contribution in [1.29, 1.82) is 0 Å². The fourth-order valence-electron chi connectivity index (χ4n) is 2.78. The highest BCUT2D eigenvalue weighted by Gasteiger charge is 2.35. The van der Waals surface area contributed by atoms with Gasteiger partial charge in [0.1, 0.15) is 5.82 Å². The second kappa shape index (κ2) is 6.04. The summed E-state index contributed by atoms with van der Waals surface area (Å²) < 4.78 is 0. The van der Waals surface area contributed by atoms with Gasteiger partial charge in [-0.2, -0.15) is 0 Å². The Morgan fingerprint density at radius 3 is 2.45 bits per heavy atom. The van der Waals surface area contributed by atoms with Crippen molar-refractivity contribution in [2.24, 2.45) is 11.7 Å². The van der Waals surface area contributed by atoms with Crippen molar-refractivity contribution >= 4 is 23.3 Å². The lowest BCUT2D eigenvalue weighted by Crippen LogP contribution is -2.52. The van der Waals surface area contributed by atoms with Crippen LogP contribution < -0.4 is 16.4 Å². The van der Waals surface area contributed by atoms with Crippen LogP contribution in [0.25, 0.3) is 0 Å². The van der Waals surface area contributed by atoms with Gasteiger partial charge in [0, 0.05) is 5.92 Å². The summed E-state index contributed by atoms with van der Waals surface area (Å²) in [5, 5.41) is 5.60. The number of pyridine rings is 1. The van der Waals surface area contributed by atoms with Gasteiger partial charge in [-0.05, 0) is 37.8 Å². The number of nitrogens with zero attached hydrogens (tertiary/aromatic N) is 1. The highest BCUT2D eigenvalue weighted by molar-refractivity contribution is 5.98. The van der Waals surface area contributed by atoms with Crippen LogP contribution in [0.5, 0.6) is 0 Å². The first-order valence-corrected chi connectivity index (χ1v) is 7.94. The van der Waals surface area contributed by atoms with Crippen molar-refractivity contribution in [2.75, 3.05) is 10.6 Å². The molecular formula is C16H22N4O2. The summed E-state index contributed by atoms with van der Waals surface area (Å²) in [6, 6.07) is 3.43. The molecule has 3 rings (SSSR count).